The van der Waals surface area contributed by atoms with Crippen LogP contribution in [0.15, 0.2) is 39.2 Å². The van der Waals surface area contributed by atoms with E-state index in [1.54, 1.807) is 31.4 Å². The molecule has 2 aromatic carbocycles. The van der Waals surface area contributed by atoms with Crippen molar-refractivity contribution in [2.45, 2.75) is 6.61 Å². The van der Waals surface area contributed by atoms with Crippen molar-refractivity contribution in [3.05, 3.63) is 50.4 Å². The lowest BCUT2D eigenvalue weighted by molar-refractivity contribution is 0.282. The van der Waals surface area contributed by atoms with Gasteiger partial charge in [0.2, 0.25) is 5.89 Å². The summed E-state index contributed by atoms with van der Waals surface area (Å²) in [4.78, 5) is 0. The molecule has 0 atom stereocenters. The third-order valence-electron chi connectivity index (χ3n) is 3.28. The van der Waals surface area contributed by atoms with E-state index in [9.17, 15) is 0 Å². The van der Waals surface area contributed by atoms with Crippen LogP contribution >= 0.6 is 39.1 Å². The van der Waals surface area contributed by atoms with E-state index in [1.807, 2.05) is 6.07 Å². The first-order valence-electron chi connectivity index (χ1n) is 7.01. The Morgan fingerprint density at radius 1 is 1.16 bits per heavy atom. The molecule has 6 nitrogen and oxygen atoms in total. The van der Waals surface area contributed by atoms with Crippen molar-refractivity contribution in [1.82, 2.24) is 10.2 Å². The van der Waals surface area contributed by atoms with E-state index in [-0.39, 0.29) is 11.9 Å². The first-order valence-corrected chi connectivity index (χ1v) is 8.56. The summed E-state index contributed by atoms with van der Waals surface area (Å²) in [6.07, 6.45) is 0. The minimum absolute atomic E-state index is 0.00923. The third kappa shape index (κ3) is 4.00. The summed E-state index contributed by atoms with van der Waals surface area (Å²) in [6.45, 7) is 0.290. The van der Waals surface area contributed by atoms with Gasteiger partial charge in [0.05, 0.1) is 21.6 Å². The van der Waals surface area contributed by atoms with Crippen LogP contribution in [0.4, 0.5) is 6.01 Å². The second-order valence-electron chi connectivity index (χ2n) is 4.97. The molecule has 0 aliphatic rings. The Hall–Kier alpha value is -1.96. The molecule has 2 N–H and O–H groups in total. The molecule has 0 saturated carbocycles. The first-order chi connectivity index (χ1) is 12.0. The monoisotopic (exact) mass is 443 g/mol. The zero-order valence-electron chi connectivity index (χ0n) is 12.9. The molecular formula is C16H12BrCl2N3O3. The highest BCUT2D eigenvalue weighted by atomic mass is 79.9. The molecule has 1 aromatic heterocycles. The molecule has 25 heavy (non-hydrogen) atoms. The maximum absolute atomic E-state index is 6.02. The maximum Gasteiger partial charge on any atom is 0.313 e. The average Bonchev–Trinajstić information content (AvgIpc) is 3.02. The Bertz CT molecular complexity index is 918. The van der Waals surface area contributed by atoms with E-state index in [0.717, 1.165) is 5.56 Å². The van der Waals surface area contributed by atoms with Gasteiger partial charge >= 0.3 is 6.01 Å². The first kappa shape index (κ1) is 17.8. The van der Waals surface area contributed by atoms with Gasteiger partial charge in [-0.3, -0.25) is 0 Å². The normalized spacial score (nSPS) is 10.7. The Morgan fingerprint density at radius 2 is 1.96 bits per heavy atom. The lowest BCUT2D eigenvalue weighted by Crippen LogP contribution is -1.99. The van der Waals surface area contributed by atoms with Gasteiger partial charge in [-0.25, -0.2) is 0 Å². The summed E-state index contributed by atoms with van der Waals surface area (Å²) in [5.41, 5.74) is 6.98. The number of anilines is 1. The molecule has 3 aromatic rings. The molecular weight excluding hydrogens is 433 g/mol. The van der Waals surface area contributed by atoms with E-state index in [2.05, 4.69) is 26.1 Å². The van der Waals surface area contributed by atoms with E-state index in [1.165, 1.54) is 0 Å². The van der Waals surface area contributed by atoms with Crippen molar-refractivity contribution in [3.8, 4) is 23.0 Å². The zero-order chi connectivity index (χ0) is 18.0. The highest BCUT2D eigenvalue weighted by Gasteiger charge is 2.16. The van der Waals surface area contributed by atoms with Gasteiger partial charge in [-0.2, -0.15) is 0 Å². The van der Waals surface area contributed by atoms with Crippen molar-refractivity contribution >= 4 is 45.1 Å². The highest BCUT2D eigenvalue weighted by Crippen LogP contribution is 2.40. The Labute approximate surface area is 162 Å². The molecule has 0 unspecified atom stereocenters. The number of halogens is 3. The van der Waals surface area contributed by atoms with Crippen molar-refractivity contribution in [2.75, 3.05) is 12.8 Å². The summed E-state index contributed by atoms with van der Waals surface area (Å²) >= 11 is 15.4. The molecule has 0 radical (unpaired) electrons. The van der Waals surface area contributed by atoms with E-state index >= 15 is 0 Å². The molecule has 0 aliphatic carbocycles. The smallest absolute Gasteiger partial charge is 0.313 e. The minimum Gasteiger partial charge on any atom is -0.493 e. The van der Waals surface area contributed by atoms with Crippen LogP contribution < -0.4 is 15.2 Å². The fraction of sp³-hybridized carbons (Fsp3) is 0.125. The van der Waals surface area contributed by atoms with Gasteiger partial charge in [0, 0.05) is 5.56 Å². The number of nitrogens with zero attached hydrogens (tertiary/aromatic N) is 2. The number of nitrogen functional groups attached to an aromatic ring is 1. The van der Waals surface area contributed by atoms with Crippen molar-refractivity contribution in [3.63, 3.8) is 0 Å². The molecule has 9 heteroatoms. The third-order valence-corrected chi connectivity index (χ3v) is 4.61. The summed E-state index contributed by atoms with van der Waals surface area (Å²) < 4.78 is 17.2. The molecule has 0 saturated heterocycles. The summed E-state index contributed by atoms with van der Waals surface area (Å²) in [6, 6.07) is 8.80. The summed E-state index contributed by atoms with van der Waals surface area (Å²) in [7, 11) is 1.54. The number of methoxy groups -OCH3 is 1. The second-order valence-corrected chi connectivity index (χ2v) is 6.64. The average molecular weight is 445 g/mol. The maximum atomic E-state index is 6.02. The Kier molecular flexibility index (Phi) is 5.36. The number of nitrogens with two attached hydrogens (primary N) is 1. The van der Waals surface area contributed by atoms with Crippen molar-refractivity contribution in [1.29, 1.82) is 0 Å². The van der Waals surface area contributed by atoms with Crippen LogP contribution in [0.3, 0.4) is 0 Å². The van der Waals surface area contributed by atoms with Crippen LogP contribution in [0, 0.1) is 0 Å². The molecule has 0 bridgehead atoms. The van der Waals surface area contributed by atoms with Gasteiger partial charge in [0.15, 0.2) is 11.5 Å². The van der Waals surface area contributed by atoms with Crippen LogP contribution in [-0.2, 0) is 6.61 Å². The van der Waals surface area contributed by atoms with Gasteiger partial charge in [-0.15, -0.1) is 5.10 Å². The Morgan fingerprint density at radius 3 is 2.60 bits per heavy atom. The standard InChI is InChI=1S/C16H12BrCl2N3O3/c1-23-13-6-9(15-21-22-16(20)25-15)5-10(17)14(13)24-7-8-2-3-11(18)12(19)4-8/h2-6H,7H2,1H3,(H2,20,22). The molecule has 1 heterocycles. The van der Waals surface area contributed by atoms with Crippen LogP contribution in [0.5, 0.6) is 11.5 Å². The van der Waals surface area contributed by atoms with Crippen LogP contribution in [0.1, 0.15) is 5.56 Å². The van der Waals surface area contributed by atoms with Gasteiger partial charge in [0.1, 0.15) is 6.61 Å². The topological polar surface area (TPSA) is 83.4 Å². The fourth-order valence-corrected chi connectivity index (χ4v) is 3.00. The van der Waals surface area contributed by atoms with Gasteiger partial charge < -0.3 is 19.6 Å². The van der Waals surface area contributed by atoms with Gasteiger partial charge in [-0.05, 0) is 45.8 Å². The van der Waals surface area contributed by atoms with Gasteiger partial charge in [0.25, 0.3) is 0 Å². The quantitative estimate of drug-likeness (QED) is 0.597. The van der Waals surface area contributed by atoms with E-state index in [4.69, 9.17) is 42.8 Å². The van der Waals surface area contributed by atoms with Gasteiger partial charge in [-0.1, -0.05) is 34.4 Å². The lowest BCUT2D eigenvalue weighted by atomic mass is 10.2. The predicted octanol–water partition coefficient (Wildman–Crippen LogP) is 4.98. The molecule has 0 amide bonds. The van der Waals surface area contributed by atoms with Crippen LogP contribution in [0.2, 0.25) is 10.0 Å². The number of hydrogen-bond donors (Lipinski definition) is 1. The number of ether oxygens (including phenoxy) is 2. The number of benzene rings is 2. The van der Waals surface area contributed by atoms with Crippen molar-refractivity contribution in [2.24, 2.45) is 0 Å². The van der Waals surface area contributed by atoms with Crippen LogP contribution in [0.25, 0.3) is 11.5 Å². The molecule has 0 spiro atoms. The Balaban J connectivity index is 1.86. The SMILES string of the molecule is COc1cc(-c2nnc(N)o2)cc(Br)c1OCc1ccc(Cl)c(Cl)c1. The van der Waals surface area contributed by atoms with Crippen molar-refractivity contribution < 1.29 is 13.9 Å². The molecule has 3 rings (SSSR count). The minimum atomic E-state index is -0.00923. The summed E-state index contributed by atoms with van der Waals surface area (Å²) in [5, 5.41) is 8.46. The number of aromatic nitrogens is 2. The largest absolute Gasteiger partial charge is 0.493 e. The second kappa shape index (κ2) is 7.51. The zero-order valence-corrected chi connectivity index (χ0v) is 16.0. The number of rotatable bonds is 5. The summed E-state index contributed by atoms with van der Waals surface area (Å²) in [5.74, 6) is 1.32. The number of hydrogen-bond acceptors (Lipinski definition) is 6. The van der Waals surface area contributed by atoms with Crippen LogP contribution in [-0.4, -0.2) is 17.3 Å². The lowest BCUT2D eigenvalue weighted by Gasteiger charge is -2.14. The molecule has 0 aliphatic heterocycles. The predicted molar refractivity (Wildman–Crippen MR) is 99.2 cm³/mol. The molecule has 130 valence electrons. The van der Waals surface area contributed by atoms with E-state index < -0.39 is 0 Å². The van der Waals surface area contributed by atoms with E-state index in [0.29, 0.717) is 38.2 Å². The fourth-order valence-electron chi connectivity index (χ4n) is 2.12. The highest BCUT2D eigenvalue weighted by molar-refractivity contribution is 9.10. The molecule has 0 fully saturated rings.